The maximum Gasteiger partial charge on any atom is 0.259 e. The number of nitrogens with zero attached hydrogens (tertiary/aromatic N) is 1. The van der Waals surface area contributed by atoms with E-state index in [0.29, 0.717) is 0 Å². The summed E-state index contributed by atoms with van der Waals surface area (Å²) < 4.78 is 5.17. The summed E-state index contributed by atoms with van der Waals surface area (Å²) in [5.74, 6) is 0.819. The van der Waals surface area contributed by atoms with E-state index in [0.717, 1.165) is 28.1 Å². The Labute approximate surface area is 124 Å². The maximum absolute atomic E-state index is 12.6. The van der Waals surface area contributed by atoms with Crippen molar-refractivity contribution in [2.45, 2.75) is 13.0 Å². The Morgan fingerprint density at radius 1 is 1.05 bits per heavy atom. The molecule has 0 spiro atoms. The van der Waals surface area contributed by atoms with Crippen molar-refractivity contribution >= 4 is 11.6 Å². The van der Waals surface area contributed by atoms with Gasteiger partial charge < -0.3 is 9.64 Å². The first-order chi connectivity index (χ1) is 10.1. The number of carbonyl (C=O) groups excluding carboxylic acids is 1. The average molecular weight is 279 g/mol. The van der Waals surface area contributed by atoms with Crippen LogP contribution in [-0.2, 0) is 0 Å². The van der Waals surface area contributed by atoms with Gasteiger partial charge in [0.05, 0.1) is 13.2 Å². The summed E-state index contributed by atoms with van der Waals surface area (Å²) in [5, 5.41) is 0. The number of ether oxygens (including phenoxy) is 1. The minimum absolute atomic E-state index is 0.0129. The van der Waals surface area contributed by atoms with Crippen LogP contribution in [0.4, 0.5) is 0 Å². The van der Waals surface area contributed by atoms with Crippen molar-refractivity contribution < 1.29 is 9.53 Å². The third-order valence-electron chi connectivity index (χ3n) is 3.96. The first-order valence-corrected chi connectivity index (χ1v) is 6.89. The molecular formula is C18H17NO2. The minimum Gasteiger partial charge on any atom is -0.497 e. The number of methoxy groups -OCH3 is 1. The molecule has 0 bridgehead atoms. The number of rotatable bonds is 3. The molecule has 0 fully saturated rings. The molecule has 1 amide bonds. The van der Waals surface area contributed by atoms with Crippen LogP contribution in [0.5, 0.6) is 5.75 Å². The summed E-state index contributed by atoms with van der Waals surface area (Å²) in [6.07, 6.45) is 0. The number of hydrogen-bond donors (Lipinski definition) is 0. The van der Waals surface area contributed by atoms with Crippen molar-refractivity contribution in [3.63, 3.8) is 0 Å². The van der Waals surface area contributed by atoms with Gasteiger partial charge in [-0.2, -0.15) is 0 Å². The monoisotopic (exact) mass is 279 g/mol. The van der Waals surface area contributed by atoms with Crippen molar-refractivity contribution in [3.8, 4) is 5.75 Å². The number of benzene rings is 2. The van der Waals surface area contributed by atoms with E-state index in [1.54, 1.807) is 12.0 Å². The van der Waals surface area contributed by atoms with Crippen molar-refractivity contribution in [2.24, 2.45) is 0 Å². The second-order valence-electron chi connectivity index (χ2n) is 5.12. The van der Waals surface area contributed by atoms with Crippen LogP contribution in [0.1, 0.15) is 34.5 Å². The van der Waals surface area contributed by atoms with E-state index < -0.39 is 0 Å². The zero-order valence-electron chi connectivity index (χ0n) is 12.2. The molecule has 0 saturated carbocycles. The number of fused-ring (bicyclic) bond motifs is 1. The maximum atomic E-state index is 12.6. The molecular weight excluding hydrogens is 262 g/mol. The normalized spacial score (nSPS) is 15.0. The predicted octanol–water partition coefficient (Wildman–Crippen LogP) is 3.88. The van der Waals surface area contributed by atoms with E-state index in [1.807, 2.05) is 55.5 Å². The molecule has 0 radical (unpaired) electrons. The van der Waals surface area contributed by atoms with Crippen molar-refractivity contribution in [2.75, 3.05) is 7.11 Å². The van der Waals surface area contributed by atoms with Gasteiger partial charge in [0.15, 0.2) is 0 Å². The van der Waals surface area contributed by atoms with E-state index in [1.165, 1.54) is 0 Å². The standard InChI is InChI=1S/C18H17NO2/c1-12(14-8-10-15(21-3)11-9-14)19-13(2)16-6-4-5-7-17(16)18(19)20/h4-12H,2H2,1,3H3/t12-/m1/s1. The summed E-state index contributed by atoms with van der Waals surface area (Å²) in [5.41, 5.74) is 3.46. The van der Waals surface area contributed by atoms with E-state index in [4.69, 9.17) is 4.74 Å². The summed E-state index contributed by atoms with van der Waals surface area (Å²) >= 11 is 0. The molecule has 0 saturated heterocycles. The smallest absolute Gasteiger partial charge is 0.259 e. The van der Waals surface area contributed by atoms with Crippen LogP contribution in [0.15, 0.2) is 55.1 Å². The number of carbonyl (C=O) groups is 1. The molecule has 1 heterocycles. The molecule has 2 aromatic carbocycles. The molecule has 3 nitrogen and oxygen atoms in total. The first-order valence-electron chi connectivity index (χ1n) is 6.89. The quantitative estimate of drug-likeness (QED) is 0.853. The summed E-state index contributed by atoms with van der Waals surface area (Å²) in [6, 6.07) is 15.3. The molecule has 0 unspecified atom stereocenters. The summed E-state index contributed by atoms with van der Waals surface area (Å²) in [6.45, 7) is 6.10. The van der Waals surface area contributed by atoms with Gasteiger partial charge in [-0.05, 0) is 30.7 Å². The highest BCUT2D eigenvalue weighted by atomic mass is 16.5. The molecule has 0 aliphatic carbocycles. The third kappa shape index (κ3) is 2.11. The van der Waals surface area contributed by atoms with E-state index >= 15 is 0 Å². The fourth-order valence-corrected chi connectivity index (χ4v) is 2.74. The molecule has 3 rings (SSSR count). The highest BCUT2D eigenvalue weighted by Gasteiger charge is 2.34. The molecule has 1 atom stereocenters. The molecule has 0 aromatic heterocycles. The van der Waals surface area contributed by atoms with Crippen molar-refractivity contribution in [1.82, 2.24) is 4.90 Å². The Kier molecular flexibility index (Phi) is 3.26. The van der Waals surface area contributed by atoms with Crippen molar-refractivity contribution in [3.05, 3.63) is 71.8 Å². The molecule has 106 valence electrons. The van der Waals surface area contributed by atoms with Gasteiger partial charge in [0.25, 0.3) is 5.91 Å². The first kappa shape index (κ1) is 13.4. The van der Waals surface area contributed by atoms with Crippen LogP contribution in [0, 0.1) is 0 Å². The van der Waals surface area contributed by atoms with Crippen LogP contribution < -0.4 is 4.74 Å². The third-order valence-corrected chi connectivity index (χ3v) is 3.96. The van der Waals surface area contributed by atoms with Crippen LogP contribution in [-0.4, -0.2) is 17.9 Å². The molecule has 3 heteroatoms. The summed E-state index contributed by atoms with van der Waals surface area (Å²) in [4.78, 5) is 14.3. The van der Waals surface area contributed by atoms with E-state index in [2.05, 4.69) is 6.58 Å². The molecule has 1 aliphatic rings. The lowest BCUT2D eigenvalue weighted by Gasteiger charge is -2.26. The Balaban J connectivity index is 1.94. The molecule has 21 heavy (non-hydrogen) atoms. The lowest BCUT2D eigenvalue weighted by molar-refractivity contribution is 0.0812. The fraction of sp³-hybridized carbons (Fsp3) is 0.167. The topological polar surface area (TPSA) is 29.5 Å². The second-order valence-corrected chi connectivity index (χ2v) is 5.12. The average Bonchev–Trinajstić information content (AvgIpc) is 2.79. The van der Waals surface area contributed by atoms with Crippen LogP contribution in [0.2, 0.25) is 0 Å². The van der Waals surface area contributed by atoms with Gasteiger partial charge in [-0.3, -0.25) is 4.79 Å². The van der Waals surface area contributed by atoms with Gasteiger partial charge in [0.1, 0.15) is 5.75 Å². The highest BCUT2D eigenvalue weighted by molar-refractivity contribution is 6.09. The minimum atomic E-state index is -0.0664. The Bertz CT molecular complexity index is 668. The highest BCUT2D eigenvalue weighted by Crippen LogP contribution is 2.38. The van der Waals surface area contributed by atoms with Gasteiger partial charge >= 0.3 is 0 Å². The van der Waals surface area contributed by atoms with E-state index in [9.17, 15) is 4.79 Å². The van der Waals surface area contributed by atoms with Crippen LogP contribution in [0.25, 0.3) is 5.70 Å². The van der Waals surface area contributed by atoms with Crippen LogP contribution >= 0.6 is 0 Å². The lowest BCUT2D eigenvalue weighted by atomic mass is 10.1. The van der Waals surface area contributed by atoms with Gasteiger partial charge in [-0.1, -0.05) is 36.9 Å². The number of hydrogen-bond acceptors (Lipinski definition) is 2. The molecule has 2 aromatic rings. The Morgan fingerprint density at radius 3 is 2.24 bits per heavy atom. The summed E-state index contributed by atoms with van der Waals surface area (Å²) in [7, 11) is 1.64. The zero-order valence-corrected chi connectivity index (χ0v) is 12.2. The van der Waals surface area contributed by atoms with Crippen LogP contribution in [0.3, 0.4) is 0 Å². The van der Waals surface area contributed by atoms with Gasteiger partial charge in [-0.15, -0.1) is 0 Å². The predicted molar refractivity (Wildman–Crippen MR) is 83.1 cm³/mol. The van der Waals surface area contributed by atoms with Gasteiger partial charge in [0.2, 0.25) is 0 Å². The Morgan fingerprint density at radius 2 is 1.67 bits per heavy atom. The lowest BCUT2D eigenvalue weighted by Crippen LogP contribution is -2.26. The van der Waals surface area contributed by atoms with E-state index in [-0.39, 0.29) is 11.9 Å². The largest absolute Gasteiger partial charge is 0.497 e. The Hall–Kier alpha value is -2.55. The molecule has 1 aliphatic heterocycles. The van der Waals surface area contributed by atoms with Gasteiger partial charge in [0, 0.05) is 16.8 Å². The SMILES string of the molecule is C=C1c2ccccc2C(=O)N1[C@H](C)c1ccc(OC)cc1. The fourth-order valence-electron chi connectivity index (χ4n) is 2.74. The second kappa shape index (κ2) is 5.09. The number of amides is 1. The molecule has 0 N–H and O–H groups in total. The van der Waals surface area contributed by atoms with Crippen molar-refractivity contribution in [1.29, 1.82) is 0 Å². The zero-order chi connectivity index (χ0) is 15.0. The van der Waals surface area contributed by atoms with Gasteiger partial charge in [-0.25, -0.2) is 0 Å².